The van der Waals surface area contributed by atoms with E-state index >= 15 is 0 Å². The van der Waals surface area contributed by atoms with Gasteiger partial charge in [0.2, 0.25) is 0 Å². The zero-order valence-corrected chi connectivity index (χ0v) is 17.9. The van der Waals surface area contributed by atoms with E-state index in [1.807, 2.05) is 0 Å². The summed E-state index contributed by atoms with van der Waals surface area (Å²) >= 11 is 0. The lowest BCUT2D eigenvalue weighted by Crippen LogP contribution is -2.49. The Kier molecular flexibility index (Phi) is 5.70. The normalized spacial score (nSPS) is 35.5. The van der Waals surface area contributed by atoms with E-state index in [1.165, 1.54) is 84.5 Å². The van der Waals surface area contributed by atoms with Gasteiger partial charge in [-0.3, -0.25) is 4.90 Å². The van der Waals surface area contributed by atoms with Crippen molar-refractivity contribution in [1.82, 2.24) is 14.7 Å². The molecule has 3 heteroatoms. The summed E-state index contributed by atoms with van der Waals surface area (Å²) in [5.74, 6) is 3.90. The molecule has 0 aromatic carbocycles. The lowest BCUT2D eigenvalue weighted by Gasteiger charge is -2.38. The largest absolute Gasteiger partial charge is 0.302 e. The third kappa shape index (κ3) is 4.47. The highest BCUT2D eigenvalue weighted by atomic mass is 15.3. The van der Waals surface area contributed by atoms with Crippen LogP contribution in [-0.2, 0) is 0 Å². The minimum atomic E-state index is 0.722. The smallest absolute Gasteiger partial charge is 0.0113 e. The minimum Gasteiger partial charge on any atom is -0.302 e. The quantitative estimate of drug-likeness (QED) is 0.683. The van der Waals surface area contributed by atoms with E-state index in [1.54, 1.807) is 0 Å². The van der Waals surface area contributed by atoms with Crippen LogP contribution in [-0.4, -0.2) is 73.1 Å². The highest BCUT2D eigenvalue weighted by Gasteiger charge is 2.47. The third-order valence-electron chi connectivity index (χ3n) is 7.94. The van der Waals surface area contributed by atoms with Crippen LogP contribution in [0.2, 0.25) is 0 Å². The summed E-state index contributed by atoms with van der Waals surface area (Å²) in [6.45, 7) is 20.3. The van der Waals surface area contributed by atoms with Crippen molar-refractivity contribution in [1.29, 1.82) is 0 Å². The molecular formula is C23H43N3. The van der Waals surface area contributed by atoms with Crippen molar-refractivity contribution in [2.75, 3.05) is 52.4 Å². The molecule has 2 aliphatic carbocycles. The van der Waals surface area contributed by atoms with Crippen molar-refractivity contribution in [2.45, 2.75) is 65.8 Å². The van der Waals surface area contributed by atoms with Gasteiger partial charge in [0.05, 0.1) is 0 Å². The fourth-order valence-electron chi connectivity index (χ4n) is 6.57. The second-order valence-electron chi connectivity index (χ2n) is 11.1. The molecule has 2 saturated carbocycles. The number of piperazine rings is 1. The van der Waals surface area contributed by atoms with Gasteiger partial charge in [-0.05, 0) is 75.0 Å². The van der Waals surface area contributed by atoms with E-state index < -0.39 is 0 Å². The van der Waals surface area contributed by atoms with Crippen LogP contribution < -0.4 is 0 Å². The van der Waals surface area contributed by atoms with E-state index in [9.17, 15) is 0 Å². The number of hydrogen-bond acceptors (Lipinski definition) is 3. The molecule has 4 rings (SSSR count). The Morgan fingerprint density at radius 3 is 1.96 bits per heavy atom. The van der Waals surface area contributed by atoms with Gasteiger partial charge in [0.25, 0.3) is 0 Å². The topological polar surface area (TPSA) is 9.72 Å². The summed E-state index contributed by atoms with van der Waals surface area (Å²) in [7, 11) is 0. The number of nitrogens with zero attached hydrogens (tertiary/aromatic N) is 3. The van der Waals surface area contributed by atoms with Gasteiger partial charge in [0, 0.05) is 58.4 Å². The molecule has 150 valence electrons. The first-order valence-electron chi connectivity index (χ1n) is 11.6. The van der Waals surface area contributed by atoms with Gasteiger partial charge in [-0.1, -0.05) is 13.8 Å². The first kappa shape index (κ1) is 19.2. The molecule has 0 amide bonds. The molecule has 3 atom stereocenters. The monoisotopic (exact) mass is 361 g/mol. The summed E-state index contributed by atoms with van der Waals surface area (Å²) in [6, 6.07) is 0.722. The van der Waals surface area contributed by atoms with Crippen LogP contribution in [0.1, 0.15) is 59.8 Å². The zero-order valence-electron chi connectivity index (χ0n) is 17.9. The lowest BCUT2D eigenvalue weighted by molar-refractivity contribution is 0.0953. The Labute approximate surface area is 162 Å². The molecule has 0 spiro atoms. The minimum absolute atomic E-state index is 0.722. The summed E-state index contributed by atoms with van der Waals surface area (Å²) in [4.78, 5) is 8.27. The maximum atomic E-state index is 2.86. The molecule has 4 aliphatic rings. The maximum Gasteiger partial charge on any atom is 0.0113 e. The second-order valence-corrected chi connectivity index (χ2v) is 11.1. The van der Waals surface area contributed by atoms with Crippen LogP contribution in [0.3, 0.4) is 0 Å². The van der Waals surface area contributed by atoms with E-state index in [0.717, 1.165) is 35.1 Å². The average Bonchev–Trinajstić information content (AvgIpc) is 3.04. The molecule has 0 bridgehead atoms. The summed E-state index contributed by atoms with van der Waals surface area (Å²) in [5.41, 5.74) is 0.724. The molecule has 0 aromatic rings. The Bertz CT molecular complexity index is 448. The lowest BCUT2D eigenvalue weighted by atomic mass is 9.93. The Morgan fingerprint density at radius 1 is 0.846 bits per heavy atom. The van der Waals surface area contributed by atoms with Gasteiger partial charge in [-0.2, -0.15) is 0 Å². The van der Waals surface area contributed by atoms with Gasteiger partial charge in [0.1, 0.15) is 0 Å². The summed E-state index contributed by atoms with van der Waals surface area (Å²) < 4.78 is 0. The third-order valence-corrected chi connectivity index (χ3v) is 7.94. The van der Waals surface area contributed by atoms with Crippen LogP contribution >= 0.6 is 0 Å². The molecule has 4 fully saturated rings. The molecule has 0 aromatic heterocycles. The SMILES string of the molecule is CC(C)CC1(CN2C[C@H]3C[C@@H](CN4CCN(C(C)C)CC4)C[C@H]3C2)CC1. The van der Waals surface area contributed by atoms with Gasteiger partial charge in [-0.15, -0.1) is 0 Å². The molecular weight excluding hydrogens is 318 g/mol. The van der Waals surface area contributed by atoms with Gasteiger partial charge < -0.3 is 9.80 Å². The van der Waals surface area contributed by atoms with Crippen molar-refractivity contribution in [2.24, 2.45) is 29.1 Å². The summed E-state index contributed by atoms with van der Waals surface area (Å²) in [6.07, 6.45) is 7.50. The fraction of sp³-hybridized carbons (Fsp3) is 1.00. The van der Waals surface area contributed by atoms with Crippen LogP contribution in [0.25, 0.3) is 0 Å². The molecule has 0 radical (unpaired) electrons. The van der Waals surface area contributed by atoms with Gasteiger partial charge in [0.15, 0.2) is 0 Å². The van der Waals surface area contributed by atoms with E-state index in [0.29, 0.717) is 0 Å². The van der Waals surface area contributed by atoms with E-state index in [-0.39, 0.29) is 0 Å². The molecule has 26 heavy (non-hydrogen) atoms. The number of hydrogen-bond donors (Lipinski definition) is 0. The predicted octanol–water partition coefficient (Wildman–Crippen LogP) is 3.80. The highest BCUT2D eigenvalue weighted by Crippen LogP contribution is 2.52. The zero-order chi connectivity index (χ0) is 18.3. The van der Waals surface area contributed by atoms with Crippen molar-refractivity contribution in [3.63, 3.8) is 0 Å². The maximum absolute atomic E-state index is 2.86. The van der Waals surface area contributed by atoms with Crippen molar-refractivity contribution < 1.29 is 0 Å². The Balaban J connectivity index is 1.19. The van der Waals surface area contributed by atoms with Gasteiger partial charge >= 0.3 is 0 Å². The van der Waals surface area contributed by atoms with E-state index in [4.69, 9.17) is 0 Å². The van der Waals surface area contributed by atoms with Crippen LogP contribution in [0.15, 0.2) is 0 Å². The van der Waals surface area contributed by atoms with Crippen molar-refractivity contribution in [3.8, 4) is 0 Å². The average molecular weight is 362 g/mol. The Morgan fingerprint density at radius 2 is 1.46 bits per heavy atom. The number of likely N-dealkylation sites (tertiary alicyclic amines) is 1. The van der Waals surface area contributed by atoms with Gasteiger partial charge in [-0.25, -0.2) is 0 Å². The first-order valence-corrected chi connectivity index (χ1v) is 11.6. The van der Waals surface area contributed by atoms with Crippen LogP contribution in [0, 0.1) is 29.1 Å². The fourth-order valence-corrected chi connectivity index (χ4v) is 6.57. The highest BCUT2D eigenvalue weighted by molar-refractivity contribution is 5.00. The molecule has 2 saturated heterocycles. The van der Waals surface area contributed by atoms with E-state index in [2.05, 4.69) is 42.4 Å². The predicted molar refractivity (Wildman–Crippen MR) is 110 cm³/mol. The van der Waals surface area contributed by atoms with Crippen molar-refractivity contribution in [3.05, 3.63) is 0 Å². The molecule has 3 nitrogen and oxygen atoms in total. The standard InChI is InChI=1S/C23H43N3/c1-18(2)13-23(5-6-23)17-25-15-21-11-20(12-22(21)16-25)14-24-7-9-26(10-8-24)19(3)4/h18-22H,5-17H2,1-4H3/t20-,21-,22+. The first-order chi connectivity index (χ1) is 12.4. The molecule has 2 heterocycles. The number of rotatable bonds is 7. The molecule has 0 unspecified atom stereocenters. The molecule has 0 N–H and O–H groups in total. The van der Waals surface area contributed by atoms with Crippen LogP contribution in [0.4, 0.5) is 0 Å². The number of fused-ring (bicyclic) bond motifs is 1. The summed E-state index contributed by atoms with van der Waals surface area (Å²) in [5, 5.41) is 0. The van der Waals surface area contributed by atoms with Crippen molar-refractivity contribution >= 4 is 0 Å². The van der Waals surface area contributed by atoms with Crippen LogP contribution in [0.5, 0.6) is 0 Å². The second kappa shape index (κ2) is 7.72. The molecule has 2 aliphatic heterocycles. The Hall–Kier alpha value is -0.120.